The fourth-order valence-corrected chi connectivity index (χ4v) is 2.58. The molecule has 1 saturated carbocycles. The molecule has 1 aliphatic rings. The molecule has 1 aliphatic carbocycles. The van der Waals surface area contributed by atoms with Crippen LogP contribution in [-0.4, -0.2) is 21.4 Å². The van der Waals surface area contributed by atoms with E-state index in [0.717, 1.165) is 30.0 Å². The molecule has 0 aromatic carbocycles. The number of alkyl halides is 1. The van der Waals surface area contributed by atoms with Gasteiger partial charge in [0.1, 0.15) is 5.82 Å². The normalized spacial score (nSPS) is 18.7. The number of aryl methyl sites for hydroxylation is 2. The Kier molecular flexibility index (Phi) is 3.33. The van der Waals surface area contributed by atoms with E-state index in [2.05, 4.69) is 15.3 Å². The maximum Gasteiger partial charge on any atom is 0.148 e. The minimum absolute atomic E-state index is 0.0365. The Hall–Kier alpha value is -0.830. The second-order valence-electron chi connectivity index (χ2n) is 4.69. The summed E-state index contributed by atoms with van der Waals surface area (Å²) in [7, 11) is 0. The number of rotatable bonds is 3. The molecular formula is C12H18ClN3. The largest absolute Gasteiger partial charge is 0.362 e. The van der Waals surface area contributed by atoms with Gasteiger partial charge in [0.15, 0.2) is 0 Å². The summed E-state index contributed by atoms with van der Waals surface area (Å²) in [6.07, 6.45) is 6.55. The van der Waals surface area contributed by atoms with Crippen LogP contribution in [0.4, 0.5) is 5.82 Å². The summed E-state index contributed by atoms with van der Waals surface area (Å²) in [5.74, 6) is 1.53. The lowest BCUT2D eigenvalue weighted by atomic mass is 10.0. The van der Waals surface area contributed by atoms with E-state index in [4.69, 9.17) is 11.6 Å². The smallest absolute Gasteiger partial charge is 0.148 e. The zero-order valence-electron chi connectivity index (χ0n) is 9.89. The summed E-state index contributed by atoms with van der Waals surface area (Å²) in [5, 5.41) is 3.51. The van der Waals surface area contributed by atoms with E-state index in [0.29, 0.717) is 5.88 Å². The van der Waals surface area contributed by atoms with Crippen molar-refractivity contribution in [3.8, 4) is 0 Å². The molecule has 16 heavy (non-hydrogen) atoms. The molecule has 0 bridgehead atoms. The number of aromatic nitrogens is 2. The van der Waals surface area contributed by atoms with Crippen LogP contribution in [0, 0.1) is 13.8 Å². The van der Waals surface area contributed by atoms with Crippen molar-refractivity contribution >= 4 is 17.4 Å². The molecule has 0 aliphatic heterocycles. The maximum absolute atomic E-state index is 6.10. The van der Waals surface area contributed by atoms with Gasteiger partial charge in [-0.15, -0.1) is 11.6 Å². The Morgan fingerprint density at radius 3 is 2.69 bits per heavy atom. The van der Waals surface area contributed by atoms with Crippen LogP contribution >= 0.6 is 11.6 Å². The van der Waals surface area contributed by atoms with Gasteiger partial charge in [0.2, 0.25) is 0 Å². The van der Waals surface area contributed by atoms with Crippen molar-refractivity contribution in [1.29, 1.82) is 0 Å². The van der Waals surface area contributed by atoms with Crippen LogP contribution < -0.4 is 5.32 Å². The lowest BCUT2D eigenvalue weighted by Gasteiger charge is -2.29. The molecule has 0 amide bonds. The Morgan fingerprint density at radius 1 is 1.38 bits per heavy atom. The van der Waals surface area contributed by atoms with Crippen molar-refractivity contribution < 1.29 is 0 Å². The molecule has 2 rings (SSSR count). The van der Waals surface area contributed by atoms with Crippen molar-refractivity contribution in [1.82, 2.24) is 9.97 Å². The first-order valence-electron chi connectivity index (χ1n) is 5.80. The molecular weight excluding hydrogens is 222 g/mol. The molecule has 1 aromatic heterocycles. The van der Waals surface area contributed by atoms with Crippen LogP contribution in [0.5, 0.6) is 0 Å². The second-order valence-corrected chi connectivity index (χ2v) is 4.96. The van der Waals surface area contributed by atoms with E-state index in [1.807, 2.05) is 13.8 Å². The number of nitrogens with zero attached hydrogens (tertiary/aromatic N) is 2. The highest BCUT2D eigenvalue weighted by Gasteiger charge is 2.33. The van der Waals surface area contributed by atoms with E-state index in [1.165, 1.54) is 12.8 Å². The first kappa shape index (κ1) is 11.6. The summed E-state index contributed by atoms with van der Waals surface area (Å²) >= 11 is 6.10. The van der Waals surface area contributed by atoms with Gasteiger partial charge in [0, 0.05) is 12.1 Å². The van der Waals surface area contributed by atoms with Gasteiger partial charge in [-0.05, 0) is 26.7 Å². The predicted molar refractivity (Wildman–Crippen MR) is 67.0 cm³/mol. The number of anilines is 1. The minimum atomic E-state index is 0.0365. The van der Waals surface area contributed by atoms with Gasteiger partial charge >= 0.3 is 0 Å². The average molecular weight is 240 g/mol. The van der Waals surface area contributed by atoms with Crippen LogP contribution in [-0.2, 0) is 0 Å². The first-order chi connectivity index (χ1) is 7.65. The fraction of sp³-hybridized carbons (Fsp3) is 0.667. The molecule has 1 heterocycles. The zero-order valence-corrected chi connectivity index (χ0v) is 10.6. The highest BCUT2D eigenvalue weighted by atomic mass is 35.5. The van der Waals surface area contributed by atoms with E-state index < -0.39 is 0 Å². The maximum atomic E-state index is 6.10. The summed E-state index contributed by atoms with van der Waals surface area (Å²) in [5.41, 5.74) is 1.92. The molecule has 3 nitrogen and oxygen atoms in total. The SMILES string of the molecule is Cc1cnc(C)c(NC2(CCl)CCCC2)n1. The number of nitrogens with one attached hydrogen (secondary N) is 1. The zero-order chi connectivity index (χ0) is 11.6. The van der Waals surface area contributed by atoms with E-state index in [9.17, 15) is 0 Å². The van der Waals surface area contributed by atoms with E-state index >= 15 is 0 Å². The standard InChI is InChI=1S/C12H18ClN3/c1-9-7-14-10(2)11(15-9)16-12(8-13)5-3-4-6-12/h7H,3-6,8H2,1-2H3,(H,15,16). The fourth-order valence-electron chi connectivity index (χ4n) is 2.25. The molecule has 4 heteroatoms. The monoisotopic (exact) mass is 239 g/mol. The highest BCUT2D eigenvalue weighted by Crippen LogP contribution is 2.34. The van der Waals surface area contributed by atoms with Crippen LogP contribution in [0.1, 0.15) is 37.1 Å². The van der Waals surface area contributed by atoms with Crippen molar-refractivity contribution in [3.05, 3.63) is 17.6 Å². The number of halogens is 1. The third-order valence-electron chi connectivity index (χ3n) is 3.28. The van der Waals surface area contributed by atoms with Crippen LogP contribution in [0.15, 0.2) is 6.20 Å². The lowest BCUT2D eigenvalue weighted by molar-refractivity contribution is 0.536. The summed E-state index contributed by atoms with van der Waals surface area (Å²) in [4.78, 5) is 8.81. The number of hydrogen-bond acceptors (Lipinski definition) is 3. The van der Waals surface area contributed by atoms with E-state index in [-0.39, 0.29) is 5.54 Å². The van der Waals surface area contributed by atoms with Crippen LogP contribution in [0.25, 0.3) is 0 Å². The molecule has 0 atom stereocenters. The summed E-state index contributed by atoms with van der Waals surface area (Å²) in [6, 6.07) is 0. The van der Waals surface area contributed by atoms with Crippen molar-refractivity contribution in [2.75, 3.05) is 11.2 Å². The minimum Gasteiger partial charge on any atom is -0.362 e. The molecule has 0 saturated heterocycles. The van der Waals surface area contributed by atoms with Gasteiger partial charge in [-0.25, -0.2) is 4.98 Å². The predicted octanol–water partition coefficient (Wildman–Crippen LogP) is 3.06. The van der Waals surface area contributed by atoms with Gasteiger partial charge in [0.25, 0.3) is 0 Å². The third kappa shape index (κ3) is 2.29. The van der Waals surface area contributed by atoms with Gasteiger partial charge in [-0.3, -0.25) is 4.98 Å². The first-order valence-corrected chi connectivity index (χ1v) is 6.33. The highest BCUT2D eigenvalue weighted by molar-refractivity contribution is 6.18. The van der Waals surface area contributed by atoms with E-state index in [1.54, 1.807) is 6.20 Å². The van der Waals surface area contributed by atoms with Gasteiger partial charge < -0.3 is 5.32 Å². The van der Waals surface area contributed by atoms with Crippen molar-refractivity contribution in [2.45, 2.75) is 45.1 Å². The molecule has 1 fully saturated rings. The van der Waals surface area contributed by atoms with Crippen LogP contribution in [0.3, 0.4) is 0 Å². The molecule has 88 valence electrons. The summed E-state index contributed by atoms with van der Waals surface area (Å²) < 4.78 is 0. The van der Waals surface area contributed by atoms with Gasteiger partial charge in [-0.2, -0.15) is 0 Å². The topological polar surface area (TPSA) is 37.8 Å². The molecule has 0 spiro atoms. The Labute approximate surface area is 102 Å². The molecule has 0 unspecified atom stereocenters. The molecule has 0 radical (unpaired) electrons. The third-order valence-corrected chi connectivity index (χ3v) is 3.79. The Morgan fingerprint density at radius 2 is 2.06 bits per heavy atom. The Bertz CT molecular complexity index is 373. The second kappa shape index (κ2) is 4.58. The summed E-state index contributed by atoms with van der Waals surface area (Å²) in [6.45, 7) is 3.94. The van der Waals surface area contributed by atoms with Gasteiger partial charge in [-0.1, -0.05) is 12.8 Å². The van der Waals surface area contributed by atoms with Crippen molar-refractivity contribution in [2.24, 2.45) is 0 Å². The lowest BCUT2D eigenvalue weighted by Crippen LogP contribution is -2.37. The van der Waals surface area contributed by atoms with Crippen molar-refractivity contribution in [3.63, 3.8) is 0 Å². The molecule has 1 aromatic rings. The molecule has 1 N–H and O–H groups in total. The van der Waals surface area contributed by atoms with Crippen LogP contribution in [0.2, 0.25) is 0 Å². The average Bonchev–Trinajstić information content (AvgIpc) is 2.73. The van der Waals surface area contributed by atoms with Gasteiger partial charge in [0.05, 0.1) is 16.9 Å². The quantitative estimate of drug-likeness (QED) is 0.824. The number of hydrogen-bond donors (Lipinski definition) is 1. The Balaban J connectivity index is 2.21.